The van der Waals surface area contributed by atoms with Crippen LogP contribution in [-0.2, 0) is 0 Å². The molecular formula is C7H15BF3N2-. The molecule has 0 saturated carbocycles. The molecule has 78 valence electrons. The SMILES string of the molecule is CC1CN(C)CCN1C[B-](F)(F)F. The average molecular weight is 195 g/mol. The van der Waals surface area contributed by atoms with Crippen molar-refractivity contribution in [2.75, 3.05) is 33.1 Å². The summed E-state index contributed by atoms with van der Waals surface area (Å²) in [6.07, 6.45) is -0.713. The molecule has 13 heavy (non-hydrogen) atoms. The smallest absolute Gasteiger partial charge is 0.448 e. The summed E-state index contributed by atoms with van der Waals surface area (Å²) in [5.74, 6) is 0. The van der Waals surface area contributed by atoms with Gasteiger partial charge in [-0.3, -0.25) is 0 Å². The molecule has 1 unspecified atom stereocenters. The van der Waals surface area contributed by atoms with Crippen molar-refractivity contribution in [1.29, 1.82) is 0 Å². The molecule has 0 aromatic carbocycles. The van der Waals surface area contributed by atoms with Crippen molar-refractivity contribution < 1.29 is 12.9 Å². The minimum absolute atomic E-state index is 0.0160. The van der Waals surface area contributed by atoms with Gasteiger partial charge in [0.1, 0.15) is 0 Å². The van der Waals surface area contributed by atoms with Crippen LogP contribution in [0.1, 0.15) is 6.92 Å². The Labute approximate surface area is 76.7 Å². The van der Waals surface area contributed by atoms with Gasteiger partial charge in [-0.1, -0.05) is 0 Å². The number of nitrogens with zero attached hydrogens (tertiary/aromatic N) is 2. The van der Waals surface area contributed by atoms with Gasteiger partial charge in [0.2, 0.25) is 0 Å². The summed E-state index contributed by atoms with van der Waals surface area (Å²) in [6.45, 7) is -0.834. The topological polar surface area (TPSA) is 6.48 Å². The lowest BCUT2D eigenvalue weighted by Gasteiger charge is -2.40. The van der Waals surface area contributed by atoms with Gasteiger partial charge in [0, 0.05) is 25.7 Å². The lowest BCUT2D eigenvalue weighted by molar-refractivity contribution is 0.108. The van der Waals surface area contributed by atoms with Crippen molar-refractivity contribution in [3.8, 4) is 0 Å². The number of halogens is 3. The number of likely N-dealkylation sites (N-methyl/N-ethyl adjacent to an activating group) is 1. The quantitative estimate of drug-likeness (QED) is 0.606. The Kier molecular flexibility index (Phi) is 3.24. The van der Waals surface area contributed by atoms with Gasteiger partial charge in [-0.25, -0.2) is 0 Å². The molecule has 0 bridgehead atoms. The molecule has 1 fully saturated rings. The van der Waals surface area contributed by atoms with Crippen LogP contribution >= 0.6 is 0 Å². The largest absolute Gasteiger partial charge is 0.492 e. The van der Waals surface area contributed by atoms with Gasteiger partial charge in [-0.2, -0.15) is 0 Å². The molecular weight excluding hydrogens is 180 g/mol. The number of hydrogen-bond acceptors (Lipinski definition) is 2. The van der Waals surface area contributed by atoms with E-state index in [2.05, 4.69) is 4.90 Å². The molecule has 0 spiro atoms. The molecule has 1 heterocycles. The highest BCUT2D eigenvalue weighted by molar-refractivity contribution is 6.58. The lowest BCUT2D eigenvalue weighted by Crippen LogP contribution is -2.54. The molecule has 1 aliphatic heterocycles. The first kappa shape index (κ1) is 10.9. The van der Waals surface area contributed by atoms with E-state index < -0.39 is 13.4 Å². The van der Waals surface area contributed by atoms with Gasteiger partial charge in [0.05, 0.1) is 0 Å². The van der Waals surface area contributed by atoms with E-state index in [0.717, 1.165) is 13.1 Å². The Morgan fingerprint density at radius 2 is 1.92 bits per heavy atom. The van der Waals surface area contributed by atoms with Gasteiger partial charge in [0.25, 0.3) is 0 Å². The molecule has 0 aromatic rings. The van der Waals surface area contributed by atoms with Gasteiger partial charge < -0.3 is 22.7 Å². The van der Waals surface area contributed by atoms with Crippen molar-refractivity contribution in [2.45, 2.75) is 13.0 Å². The van der Waals surface area contributed by atoms with Crippen LogP contribution in [0.15, 0.2) is 0 Å². The molecule has 2 nitrogen and oxygen atoms in total. The van der Waals surface area contributed by atoms with Crippen LogP contribution in [0, 0.1) is 0 Å². The van der Waals surface area contributed by atoms with E-state index in [1.807, 2.05) is 14.0 Å². The Morgan fingerprint density at radius 1 is 1.31 bits per heavy atom. The first-order valence-corrected chi connectivity index (χ1v) is 4.52. The van der Waals surface area contributed by atoms with E-state index >= 15 is 0 Å². The maximum atomic E-state index is 12.1. The van der Waals surface area contributed by atoms with Crippen LogP contribution in [0.3, 0.4) is 0 Å². The third kappa shape index (κ3) is 3.56. The molecule has 0 N–H and O–H groups in total. The average Bonchev–Trinajstić information content (AvgIpc) is 1.93. The van der Waals surface area contributed by atoms with Crippen LogP contribution in [0.4, 0.5) is 12.9 Å². The molecule has 1 saturated heterocycles. The van der Waals surface area contributed by atoms with E-state index in [1.54, 1.807) is 0 Å². The van der Waals surface area contributed by atoms with Crippen LogP contribution in [-0.4, -0.2) is 55.9 Å². The summed E-state index contributed by atoms with van der Waals surface area (Å²) in [5.41, 5.74) is 0. The molecule has 0 aliphatic carbocycles. The van der Waals surface area contributed by atoms with E-state index in [0.29, 0.717) is 6.54 Å². The van der Waals surface area contributed by atoms with Crippen LogP contribution in [0.25, 0.3) is 0 Å². The van der Waals surface area contributed by atoms with E-state index in [1.165, 1.54) is 4.90 Å². The summed E-state index contributed by atoms with van der Waals surface area (Å²) in [5, 5.41) is 0. The van der Waals surface area contributed by atoms with Gasteiger partial charge >= 0.3 is 6.98 Å². The molecule has 0 aromatic heterocycles. The fraction of sp³-hybridized carbons (Fsp3) is 1.00. The number of hydrogen-bond donors (Lipinski definition) is 0. The Morgan fingerprint density at radius 3 is 2.38 bits per heavy atom. The zero-order valence-electron chi connectivity index (χ0n) is 8.01. The predicted octanol–water partition coefficient (Wildman–Crippen LogP) is 1.01. The second-order valence-electron chi connectivity index (χ2n) is 3.82. The first-order chi connectivity index (χ1) is 5.88. The zero-order chi connectivity index (χ0) is 10.1. The Balaban J connectivity index is 2.43. The highest BCUT2D eigenvalue weighted by Crippen LogP contribution is 2.15. The summed E-state index contributed by atoms with van der Waals surface area (Å²) < 4.78 is 36.4. The van der Waals surface area contributed by atoms with Crippen LogP contribution < -0.4 is 0 Å². The molecule has 0 amide bonds. The van der Waals surface area contributed by atoms with Crippen molar-refractivity contribution in [3.63, 3.8) is 0 Å². The minimum atomic E-state index is -4.67. The lowest BCUT2D eigenvalue weighted by atomic mass is 9.90. The third-order valence-corrected chi connectivity index (χ3v) is 2.41. The standard InChI is InChI=1S/C7H15BF3N2/c1-7-5-12(2)3-4-13(7)6-8(9,10)11/h7H,3-6H2,1-2H3/q-1. The predicted molar refractivity (Wildman–Crippen MR) is 47.6 cm³/mol. The maximum Gasteiger partial charge on any atom is 0.492 e. The second-order valence-corrected chi connectivity index (χ2v) is 3.82. The summed E-state index contributed by atoms with van der Waals surface area (Å²) in [4.78, 5) is 3.57. The zero-order valence-corrected chi connectivity index (χ0v) is 8.01. The van der Waals surface area contributed by atoms with Gasteiger partial charge in [-0.15, -0.1) is 0 Å². The van der Waals surface area contributed by atoms with Crippen molar-refractivity contribution in [3.05, 3.63) is 0 Å². The van der Waals surface area contributed by atoms with Crippen molar-refractivity contribution in [1.82, 2.24) is 9.80 Å². The normalized spacial score (nSPS) is 27.9. The molecule has 1 rings (SSSR count). The minimum Gasteiger partial charge on any atom is -0.448 e. The van der Waals surface area contributed by atoms with Crippen LogP contribution in [0.5, 0.6) is 0 Å². The van der Waals surface area contributed by atoms with E-state index in [-0.39, 0.29) is 6.04 Å². The molecule has 6 heteroatoms. The summed E-state index contributed by atoms with van der Waals surface area (Å²) in [6, 6.07) is 0.0160. The molecule has 1 atom stereocenters. The van der Waals surface area contributed by atoms with Crippen LogP contribution in [0.2, 0.25) is 0 Å². The first-order valence-electron chi connectivity index (χ1n) is 4.52. The third-order valence-electron chi connectivity index (χ3n) is 2.41. The Hall–Kier alpha value is -0.225. The van der Waals surface area contributed by atoms with Gasteiger partial charge in [0.15, 0.2) is 0 Å². The van der Waals surface area contributed by atoms with E-state index in [4.69, 9.17) is 0 Å². The van der Waals surface area contributed by atoms with Crippen molar-refractivity contribution in [2.24, 2.45) is 0 Å². The molecule has 0 radical (unpaired) electrons. The monoisotopic (exact) mass is 195 g/mol. The number of rotatable bonds is 2. The summed E-state index contributed by atoms with van der Waals surface area (Å²) >= 11 is 0. The van der Waals surface area contributed by atoms with E-state index in [9.17, 15) is 12.9 Å². The second kappa shape index (κ2) is 3.88. The Bertz CT molecular complexity index is 174. The number of piperazine rings is 1. The molecule has 1 aliphatic rings. The van der Waals surface area contributed by atoms with Gasteiger partial charge in [-0.05, 0) is 20.4 Å². The van der Waals surface area contributed by atoms with Crippen molar-refractivity contribution >= 4 is 6.98 Å². The maximum absolute atomic E-state index is 12.1. The fourth-order valence-electron chi connectivity index (χ4n) is 1.71. The highest BCUT2D eigenvalue weighted by atomic mass is 19.4. The summed E-state index contributed by atoms with van der Waals surface area (Å²) in [7, 11) is 1.94. The highest BCUT2D eigenvalue weighted by Gasteiger charge is 2.30. The fourth-order valence-corrected chi connectivity index (χ4v) is 1.71.